The van der Waals surface area contributed by atoms with Crippen LogP contribution < -0.4 is 5.32 Å². The van der Waals surface area contributed by atoms with E-state index in [1.165, 1.54) is 47.8 Å². The molecule has 3 heteroatoms. The lowest BCUT2D eigenvalue weighted by molar-refractivity contribution is 0.580. The minimum atomic E-state index is 0.829. The third-order valence-corrected chi connectivity index (χ3v) is 4.87. The van der Waals surface area contributed by atoms with Crippen LogP contribution in [-0.2, 0) is 0 Å². The average molecular weight is 305 g/mol. The van der Waals surface area contributed by atoms with E-state index in [1.807, 2.05) is 24.4 Å². The smallest absolute Gasteiger partial charge is 0.0864 e. The standard InChI is InChI=1S/C20H23N3/c1-14-10-16-12-18(17-8-4-5-9-21-17)23-20(16)19(11-14)22-13-15-6-2-3-7-15/h4-5,8-12,15,22-23H,2-3,6-7,13H2,1H3. The van der Waals surface area contributed by atoms with Crippen LogP contribution in [0.4, 0.5) is 5.69 Å². The zero-order valence-electron chi connectivity index (χ0n) is 13.6. The van der Waals surface area contributed by atoms with E-state index in [0.29, 0.717) is 0 Å². The molecule has 1 saturated carbocycles. The highest BCUT2D eigenvalue weighted by Crippen LogP contribution is 2.31. The van der Waals surface area contributed by atoms with Gasteiger partial charge in [0.1, 0.15) is 0 Å². The van der Waals surface area contributed by atoms with E-state index < -0.39 is 0 Å². The molecule has 0 amide bonds. The number of H-pyrrole nitrogens is 1. The normalized spacial score (nSPS) is 15.3. The van der Waals surface area contributed by atoms with Crippen LogP contribution in [-0.4, -0.2) is 16.5 Å². The van der Waals surface area contributed by atoms with Crippen molar-refractivity contribution in [2.75, 3.05) is 11.9 Å². The Morgan fingerprint density at radius 3 is 2.83 bits per heavy atom. The first-order valence-corrected chi connectivity index (χ1v) is 8.58. The number of rotatable bonds is 4. The van der Waals surface area contributed by atoms with Crippen LogP contribution in [0.2, 0.25) is 0 Å². The van der Waals surface area contributed by atoms with E-state index >= 15 is 0 Å². The van der Waals surface area contributed by atoms with Gasteiger partial charge in [-0.1, -0.05) is 18.9 Å². The second kappa shape index (κ2) is 6.07. The molecule has 0 spiro atoms. The number of aromatic nitrogens is 2. The minimum absolute atomic E-state index is 0.829. The van der Waals surface area contributed by atoms with Gasteiger partial charge in [0.25, 0.3) is 0 Å². The summed E-state index contributed by atoms with van der Waals surface area (Å²) in [4.78, 5) is 8.01. The van der Waals surface area contributed by atoms with Crippen LogP contribution in [0, 0.1) is 12.8 Å². The fourth-order valence-electron chi connectivity index (χ4n) is 3.66. The zero-order chi connectivity index (χ0) is 15.6. The monoisotopic (exact) mass is 305 g/mol. The first-order valence-electron chi connectivity index (χ1n) is 8.58. The maximum atomic E-state index is 4.45. The fraction of sp³-hybridized carbons (Fsp3) is 0.350. The van der Waals surface area contributed by atoms with Gasteiger partial charge in [0.15, 0.2) is 0 Å². The van der Waals surface area contributed by atoms with Gasteiger partial charge in [-0.3, -0.25) is 4.98 Å². The first-order chi connectivity index (χ1) is 11.3. The predicted molar refractivity (Wildman–Crippen MR) is 96.7 cm³/mol. The molecule has 0 aliphatic heterocycles. The summed E-state index contributed by atoms with van der Waals surface area (Å²) in [6.45, 7) is 3.24. The predicted octanol–water partition coefficient (Wildman–Crippen LogP) is 5.14. The minimum Gasteiger partial charge on any atom is -0.383 e. The molecule has 1 fully saturated rings. The van der Waals surface area contributed by atoms with Crippen molar-refractivity contribution in [1.82, 2.24) is 9.97 Å². The largest absolute Gasteiger partial charge is 0.383 e. The highest BCUT2D eigenvalue weighted by molar-refractivity contribution is 5.95. The fourth-order valence-corrected chi connectivity index (χ4v) is 3.66. The van der Waals surface area contributed by atoms with Gasteiger partial charge in [0, 0.05) is 18.1 Å². The Hall–Kier alpha value is -2.29. The molecule has 0 atom stereocenters. The summed E-state index contributed by atoms with van der Waals surface area (Å²) in [6.07, 6.45) is 7.35. The van der Waals surface area contributed by atoms with Crippen LogP contribution >= 0.6 is 0 Å². The number of pyridine rings is 1. The van der Waals surface area contributed by atoms with Crippen LogP contribution in [0.3, 0.4) is 0 Å². The van der Waals surface area contributed by atoms with Crippen molar-refractivity contribution in [2.24, 2.45) is 5.92 Å². The maximum Gasteiger partial charge on any atom is 0.0864 e. The summed E-state index contributed by atoms with van der Waals surface area (Å²) < 4.78 is 0. The molecule has 23 heavy (non-hydrogen) atoms. The van der Waals surface area contributed by atoms with Crippen molar-refractivity contribution in [3.63, 3.8) is 0 Å². The van der Waals surface area contributed by atoms with Crippen molar-refractivity contribution in [3.05, 3.63) is 48.2 Å². The van der Waals surface area contributed by atoms with E-state index in [2.05, 4.69) is 40.4 Å². The molecule has 0 bridgehead atoms. The molecule has 3 nitrogen and oxygen atoms in total. The SMILES string of the molecule is Cc1cc(NCC2CCCC2)c2[nH]c(-c3ccccn3)cc2c1. The van der Waals surface area contributed by atoms with Crippen LogP contribution in [0.15, 0.2) is 42.6 Å². The Morgan fingerprint density at radius 1 is 1.17 bits per heavy atom. The second-order valence-corrected chi connectivity index (χ2v) is 6.71. The third-order valence-electron chi connectivity index (χ3n) is 4.87. The molecule has 2 heterocycles. The van der Waals surface area contributed by atoms with Crippen molar-refractivity contribution in [1.29, 1.82) is 0 Å². The number of aromatic amines is 1. The second-order valence-electron chi connectivity index (χ2n) is 6.71. The molecular weight excluding hydrogens is 282 g/mol. The number of nitrogens with one attached hydrogen (secondary N) is 2. The maximum absolute atomic E-state index is 4.45. The lowest BCUT2D eigenvalue weighted by Crippen LogP contribution is -2.11. The lowest BCUT2D eigenvalue weighted by Gasteiger charge is -2.13. The first kappa shape index (κ1) is 14.3. The molecule has 1 aromatic carbocycles. The van der Waals surface area contributed by atoms with Crippen LogP contribution in [0.25, 0.3) is 22.3 Å². The van der Waals surface area contributed by atoms with E-state index in [9.17, 15) is 0 Å². The number of hydrogen-bond donors (Lipinski definition) is 2. The van der Waals surface area contributed by atoms with Gasteiger partial charge in [-0.2, -0.15) is 0 Å². The lowest BCUT2D eigenvalue weighted by atomic mass is 10.1. The van der Waals surface area contributed by atoms with Crippen molar-refractivity contribution in [2.45, 2.75) is 32.6 Å². The summed E-state index contributed by atoms with van der Waals surface area (Å²) in [5.74, 6) is 0.829. The van der Waals surface area contributed by atoms with Crippen LogP contribution in [0.1, 0.15) is 31.2 Å². The summed E-state index contributed by atoms with van der Waals surface area (Å²) in [6, 6.07) is 12.7. The molecular formula is C20H23N3. The number of aryl methyl sites for hydroxylation is 1. The number of benzene rings is 1. The van der Waals surface area contributed by atoms with Crippen LogP contribution in [0.5, 0.6) is 0 Å². The Morgan fingerprint density at radius 2 is 2.04 bits per heavy atom. The molecule has 1 aliphatic carbocycles. The number of anilines is 1. The number of nitrogens with zero attached hydrogens (tertiary/aromatic N) is 1. The highest BCUT2D eigenvalue weighted by Gasteiger charge is 2.15. The van der Waals surface area contributed by atoms with Gasteiger partial charge < -0.3 is 10.3 Å². The molecule has 118 valence electrons. The van der Waals surface area contributed by atoms with E-state index in [4.69, 9.17) is 0 Å². The topological polar surface area (TPSA) is 40.7 Å². The quantitative estimate of drug-likeness (QED) is 0.700. The molecule has 2 aromatic heterocycles. The molecule has 0 radical (unpaired) electrons. The van der Waals surface area contributed by atoms with E-state index in [1.54, 1.807) is 0 Å². The Kier molecular flexibility index (Phi) is 3.78. The molecule has 0 saturated heterocycles. The van der Waals surface area contributed by atoms with E-state index in [0.717, 1.165) is 23.9 Å². The molecule has 4 rings (SSSR count). The van der Waals surface area contributed by atoms with Gasteiger partial charge >= 0.3 is 0 Å². The molecule has 0 unspecified atom stereocenters. The average Bonchev–Trinajstić information content (AvgIpc) is 3.22. The number of fused-ring (bicyclic) bond motifs is 1. The van der Waals surface area contributed by atoms with Gasteiger partial charge in [0.2, 0.25) is 0 Å². The highest BCUT2D eigenvalue weighted by atomic mass is 14.9. The Bertz CT molecular complexity index is 798. The third kappa shape index (κ3) is 2.96. The van der Waals surface area contributed by atoms with Gasteiger partial charge in [-0.05, 0) is 61.6 Å². The van der Waals surface area contributed by atoms with Gasteiger partial charge in [-0.25, -0.2) is 0 Å². The van der Waals surface area contributed by atoms with Crippen molar-refractivity contribution >= 4 is 16.6 Å². The van der Waals surface area contributed by atoms with Gasteiger partial charge in [-0.15, -0.1) is 0 Å². The summed E-state index contributed by atoms with van der Waals surface area (Å²) in [5.41, 5.74) is 5.76. The van der Waals surface area contributed by atoms with Crippen molar-refractivity contribution < 1.29 is 0 Å². The Labute approximate surface area is 137 Å². The summed E-state index contributed by atoms with van der Waals surface area (Å²) in [5, 5.41) is 4.93. The Balaban J connectivity index is 1.67. The van der Waals surface area contributed by atoms with Crippen molar-refractivity contribution in [3.8, 4) is 11.4 Å². The zero-order valence-corrected chi connectivity index (χ0v) is 13.6. The summed E-state index contributed by atoms with van der Waals surface area (Å²) in [7, 11) is 0. The molecule has 3 aromatic rings. The molecule has 1 aliphatic rings. The molecule has 2 N–H and O–H groups in total. The number of hydrogen-bond acceptors (Lipinski definition) is 2. The van der Waals surface area contributed by atoms with E-state index in [-0.39, 0.29) is 0 Å². The van der Waals surface area contributed by atoms with Gasteiger partial charge in [0.05, 0.1) is 22.6 Å². The summed E-state index contributed by atoms with van der Waals surface area (Å²) >= 11 is 0.